The van der Waals surface area contributed by atoms with E-state index in [1.54, 1.807) is 0 Å². The summed E-state index contributed by atoms with van der Waals surface area (Å²) in [7, 11) is 0. The van der Waals surface area contributed by atoms with Crippen molar-refractivity contribution in [1.29, 1.82) is 0 Å². The molecule has 1 aliphatic carbocycles. The quantitative estimate of drug-likeness (QED) is 0.795. The second kappa shape index (κ2) is 4.64. The Bertz CT molecular complexity index is 577. The Balaban J connectivity index is 2.02. The van der Waals surface area contributed by atoms with E-state index >= 15 is 0 Å². The van der Waals surface area contributed by atoms with Crippen molar-refractivity contribution in [2.45, 2.75) is 38.7 Å². The molecule has 1 N–H and O–H groups in total. The van der Waals surface area contributed by atoms with Gasteiger partial charge >= 0.3 is 0 Å². The fourth-order valence-corrected chi connectivity index (χ4v) is 3.80. The maximum Gasteiger partial charge on any atom is 0.0901 e. The lowest BCUT2D eigenvalue weighted by Crippen LogP contribution is -2.35. The summed E-state index contributed by atoms with van der Waals surface area (Å²) in [5, 5.41) is 13.5. The molecule has 2 aromatic rings. The van der Waals surface area contributed by atoms with Gasteiger partial charge in [0.05, 0.1) is 5.60 Å². The summed E-state index contributed by atoms with van der Waals surface area (Å²) < 4.78 is 0. The molecule has 0 amide bonds. The van der Waals surface area contributed by atoms with Gasteiger partial charge in [0.2, 0.25) is 0 Å². The van der Waals surface area contributed by atoms with Crippen LogP contribution in [0.4, 0.5) is 0 Å². The SMILES string of the molecule is CC1CC(C)CC(O)(c2ccc3ccccc3c2)C1. The number of aliphatic hydroxyl groups is 1. The highest BCUT2D eigenvalue weighted by Crippen LogP contribution is 2.42. The van der Waals surface area contributed by atoms with Crippen LogP contribution in [0.3, 0.4) is 0 Å². The van der Waals surface area contributed by atoms with E-state index in [4.69, 9.17) is 0 Å². The Morgan fingerprint density at radius 1 is 0.947 bits per heavy atom. The normalized spacial score (nSPS) is 31.5. The second-order valence-electron chi connectivity index (χ2n) is 6.45. The van der Waals surface area contributed by atoms with Gasteiger partial charge in [0.15, 0.2) is 0 Å². The molecule has 0 saturated heterocycles. The summed E-state index contributed by atoms with van der Waals surface area (Å²) in [5.74, 6) is 1.19. The van der Waals surface area contributed by atoms with Crippen LogP contribution in [0.2, 0.25) is 0 Å². The van der Waals surface area contributed by atoms with Crippen LogP contribution in [0.5, 0.6) is 0 Å². The molecule has 1 fully saturated rings. The van der Waals surface area contributed by atoms with Crippen molar-refractivity contribution in [1.82, 2.24) is 0 Å². The van der Waals surface area contributed by atoms with E-state index in [1.165, 1.54) is 17.2 Å². The Morgan fingerprint density at radius 2 is 1.58 bits per heavy atom. The molecule has 0 heterocycles. The van der Waals surface area contributed by atoms with Crippen LogP contribution in [0, 0.1) is 11.8 Å². The molecule has 2 atom stereocenters. The molecule has 100 valence electrons. The number of hydrogen-bond donors (Lipinski definition) is 1. The fourth-order valence-electron chi connectivity index (χ4n) is 3.80. The van der Waals surface area contributed by atoms with E-state index in [0.717, 1.165) is 18.4 Å². The summed E-state index contributed by atoms with van der Waals surface area (Å²) in [6, 6.07) is 14.8. The third-order valence-electron chi connectivity index (χ3n) is 4.46. The minimum absolute atomic E-state index is 0.597. The first-order chi connectivity index (χ1) is 9.07. The van der Waals surface area contributed by atoms with Gasteiger partial charge in [0.1, 0.15) is 0 Å². The van der Waals surface area contributed by atoms with Gasteiger partial charge in [-0.1, -0.05) is 50.2 Å². The predicted octanol–water partition coefficient (Wildman–Crippen LogP) is 4.48. The second-order valence-corrected chi connectivity index (χ2v) is 6.45. The molecule has 0 radical (unpaired) electrons. The zero-order chi connectivity index (χ0) is 13.5. The molecule has 1 saturated carbocycles. The number of fused-ring (bicyclic) bond motifs is 1. The van der Waals surface area contributed by atoms with Gasteiger partial charge in [-0.15, -0.1) is 0 Å². The van der Waals surface area contributed by atoms with Gasteiger partial charge in [-0.05, 0) is 53.5 Å². The van der Waals surface area contributed by atoms with Crippen LogP contribution in [-0.4, -0.2) is 5.11 Å². The van der Waals surface area contributed by atoms with Gasteiger partial charge in [0.25, 0.3) is 0 Å². The Labute approximate surface area is 115 Å². The molecule has 2 aromatic carbocycles. The molecule has 19 heavy (non-hydrogen) atoms. The van der Waals surface area contributed by atoms with Crippen molar-refractivity contribution in [3.05, 3.63) is 48.0 Å². The van der Waals surface area contributed by atoms with Crippen LogP contribution in [0.1, 0.15) is 38.7 Å². The Morgan fingerprint density at radius 3 is 2.26 bits per heavy atom. The van der Waals surface area contributed by atoms with Gasteiger partial charge in [-0.3, -0.25) is 0 Å². The van der Waals surface area contributed by atoms with Crippen molar-refractivity contribution < 1.29 is 5.11 Å². The molecule has 1 aliphatic rings. The first kappa shape index (κ1) is 12.7. The maximum atomic E-state index is 11.0. The lowest BCUT2D eigenvalue weighted by molar-refractivity contribution is -0.0361. The van der Waals surface area contributed by atoms with Crippen molar-refractivity contribution in [3.63, 3.8) is 0 Å². The van der Waals surface area contributed by atoms with Gasteiger partial charge < -0.3 is 5.11 Å². The van der Waals surface area contributed by atoms with E-state index < -0.39 is 5.60 Å². The van der Waals surface area contributed by atoms with E-state index in [1.807, 2.05) is 0 Å². The lowest BCUT2D eigenvalue weighted by atomic mass is 9.70. The topological polar surface area (TPSA) is 20.2 Å². The summed E-state index contributed by atoms with van der Waals surface area (Å²) in [6.07, 6.45) is 3.00. The average Bonchev–Trinajstić information content (AvgIpc) is 2.36. The third-order valence-corrected chi connectivity index (χ3v) is 4.46. The highest BCUT2D eigenvalue weighted by Gasteiger charge is 2.37. The van der Waals surface area contributed by atoms with Crippen LogP contribution in [0.15, 0.2) is 42.5 Å². The summed E-state index contributed by atoms with van der Waals surface area (Å²) in [6.45, 7) is 4.50. The zero-order valence-electron chi connectivity index (χ0n) is 11.8. The van der Waals surface area contributed by atoms with E-state index in [9.17, 15) is 5.11 Å². The van der Waals surface area contributed by atoms with E-state index in [-0.39, 0.29) is 0 Å². The highest BCUT2D eigenvalue weighted by molar-refractivity contribution is 5.83. The Hall–Kier alpha value is -1.34. The molecule has 1 heteroatoms. The molecule has 0 bridgehead atoms. The number of rotatable bonds is 1. The van der Waals surface area contributed by atoms with Crippen LogP contribution in [0.25, 0.3) is 10.8 Å². The van der Waals surface area contributed by atoms with Crippen LogP contribution < -0.4 is 0 Å². The van der Waals surface area contributed by atoms with Crippen LogP contribution in [-0.2, 0) is 5.60 Å². The minimum atomic E-state index is -0.638. The van der Waals surface area contributed by atoms with Gasteiger partial charge in [0, 0.05) is 0 Å². The van der Waals surface area contributed by atoms with E-state index in [0.29, 0.717) is 11.8 Å². The lowest BCUT2D eigenvalue weighted by Gasteiger charge is -2.39. The van der Waals surface area contributed by atoms with Gasteiger partial charge in [-0.25, -0.2) is 0 Å². The average molecular weight is 254 g/mol. The summed E-state index contributed by atoms with van der Waals surface area (Å²) in [5.41, 5.74) is 0.450. The van der Waals surface area contributed by atoms with Crippen molar-refractivity contribution in [2.24, 2.45) is 11.8 Å². The van der Waals surface area contributed by atoms with Crippen molar-refractivity contribution >= 4 is 10.8 Å². The zero-order valence-corrected chi connectivity index (χ0v) is 11.8. The molecule has 0 aliphatic heterocycles. The number of hydrogen-bond acceptors (Lipinski definition) is 1. The summed E-state index contributed by atoms with van der Waals surface area (Å²) >= 11 is 0. The molecule has 2 unspecified atom stereocenters. The Kier molecular flexibility index (Phi) is 3.10. The largest absolute Gasteiger partial charge is 0.385 e. The molecular formula is C18H22O. The first-order valence-electron chi connectivity index (χ1n) is 7.28. The summed E-state index contributed by atoms with van der Waals surface area (Å²) in [4.78, 5) is 0. The molecule has 0 aromatic heterocycles. The fraction of sp³-hybridized carbons (Fsp3) is 0.444. The molecular weight excluding hydrogens is 232 g/mol. The van der Waals surface area contributed by atoms with E-state index in [2.05, 4.69) is 56.3 Å². The molecule has 1 nitrogen and oxygen atoms in total. The monoisotopic (exact) mass is 254 g/mol. The van der Waals surface area contributed by atoms with Gasteiger partial charge in [-0.2, -0.15) is 0 Å². The van der Waals surface area contributed by atoms with Crippen LogP contribution >= 0.6 is 0 Å². The third kappa shape index (κ3) is 2.40. The number of benzene rings is 2. The first-order valence-corrected chi connectivity index (χ1v) is 7.28. The van der Waals surface area contributed by atoms with Crippen molar-refractivity contribution in [2.75, 3.05) is 0 Å². The molecule has 0 spiro atoms. The maximum absolute atomic E-state index is 11.0. The predicted molar refractivity (Wildman–Crippen MR) is 80.0 cm³/mol. The van der Waals surface area contributed by atoms with Crippen molar-refractivity contribution in [3.8, 4) is 0 Å². The smallest absolute Gasteiger partial charge is 0.0901 e. The highest BCUT2D eigenvalue weighted by atomic mass is 16.3. The molecule has 3 rings (SSSR count). The minimum Gasteiger partial charge on any atom is -0.385 e. The standard InChI is InChI=1S/C18H22O/c1-13-9-14(2)12-18(19,11-13)17-8-7-15-5-3-4-6-16(15)10-17/h3-8,10,13-14,19H,9,11-12H2,1-2H3.